The van der Waals surface area contributed by atoms with Gasteiger partial charge in [-0.2, -0.15) is 0 Å². The maximum absolute atomic E-state index is 11.8. The van der Waals surface area contributed by atoms with E-state index >= 15 is 0 Å². The summed E-state index contributed by atoms with van der Waals surface area (Å²) in [6.07, 6.45) is 0.866. The molecule has 0 unspecified atom stereocenters. The minimum Gasteiger partial charge on any atom is -0.445 e. The summed E-state index contributed by atoms with van der Waals surface area (Å²) in [7, 11) is 0. The van der Waals surface area contributed by atoms with E-state index in [-0.39, 0.29) is 31.8 Å². The summed E-state index contributed by atoms with van der Waals surface area (Å²) < 4.78 is 10.1. The van der Waals surface area contributed by atoms with Gasteiger partial charge in [0.1, 0.15) is 12.2 Å². The van der Waals surface area contributed by atoms with E-state index in [9.17, 15) is 14.7 Å². The molecule has 1 aliphatic rings. The van der Waals surface area contributed by atoms with Gasteiger partial charge in [-0.3, -0.25) is 0 Å². The highest BCUT2D eigenvalue weighted by atomic mass is 16.6. The van der Waals surface area contributed by atoms with Crippen molar-refractivity contribution >= 4 is 12.2 Å². The van der Waals surface area contributed by atoms with Crippen LogP contribution in [0.3, 0.4) is 0 Å². The number of hydrogen-bond acceptors (Lipinski definition) is 5. The highest BCUT2D eigenvalue weighted by molar-refractivity contribution is 5.70. The third-order valence-electron chi connectivity index (χ3n) is 2.91. The number of aliphatic hydroxyl groups is 1. The number of ether oxygens (including phenoxy) is 2. The zero-order valence-electron chi connectivity index (χ0n) is 12.8. The Balaban J connectivity index is 2.54. The molecule has 7 heteroatoms. The molecule has 2 N–H and O–H groups in total. The largest absolute Gasteiger partial charge is 0.445 e. The minimum absolute atomic E-state index is 0.109. The number of likely N-dealkylation sites (tertiary alicyclic amines) is 1. The van der Waals surface area contributed by atoms with Crippen LogP contribution < -0.4 is 5.32 Å². The van der Waals surface area contributed by atoms with Gasteiger partial charge in [0.25, 0.3) is 0 Å². The van der Waals surface area contributed by atoms with Crippen molar-refractivity contribution < 1.29 is 24.2 Å². The number of amides is 2. The van der Waals surface area contributed by atoms with Crippen molar-refractivity contribution in [1.82, 2.24) is 10.2 Å². The van der Waals surface area contributed by atoms with Gasteiger partial charge in [0.05, 0.1) is 18.7 Å². The third-order valence-corrected chi connectivity index (χ3v) is 2.91. The second-order valence-electron chi connectivity index (χ2n) is 5.93. The van der Waals surface area contributed by atoms with Crippen LogP contribution in [0.4, 0.5) is 9.59 Å². The van der Waals surface area contributed by atoms with Gasteiger partial charge in [-0.1, -0.05) is 12.7 Å². The van der Waals surface area contributed by atoms with Crippen LogP contribution in [0, 0.1) is 0 Å². The molecule has 0 aromatic carbocycles. The van der Waals surface area contributed by atoms with E-state index in [0.29, 0.717) is 6.42 Å². The number of alkyl carbamates (subject to hydrolysis) is 1. The number of nitrogens with one attached hydrogen (secondary N) is 1. The standard InChI is InChI=1S/C14H24N2O5/c1-5-6-20-13(19)16-8-10(7-11(16)9-17)15-12(18)21-14(2,3)4/h5,10-11,17H,1,6-9H2,2-4H3,(H,15,18)/t10-,11+/m1/s1. The lowest BCUT2D eigenvalue weighted by Gasteiger charge is -2.22. The summed E-state index contributed by atoms with van der Waals surface area (Å²) in [5, 5.41) is 12.0. The SMILES string of the molecule is C=CCOC(=O)N1C[C@H](NC(=O)OC(C)(C)C)C[C@H]1CO. The molecule has 0 spiro atoms. The summed E-state index contributed by atoms with van der Waals surface area (Å²) in [6.45, 7) is 8.99. The first-order chi connectivity index (χ1) is 9.76. The van der Waals surface area contributed by atoms with Crippen molar-refractivity contribution in [3.8, 4) is 0 Å². The summed E-state index contributed by atoms with van der Waals surface area (Å²) in [5.41, 5.74) is -0.582. The molecule has 0 saturated carbocycles. The monoisotopic (exact) mass is 300 g/mol. The number of nitrogens with zero attached hydrogens (tertiary/aromatic N) is 1. The molecular formula is C14H24N2O5. The average molecular weight is 300 g/mol. The van der Waals surface area contributed by atoms with Gasteiger partial charge in [-0.15, -0.1) is 0 Å². The number of hydrogen-bond donors (Lipinski definition) is 2. The van der Waals surface area contributed by atoms with Crippen LogP contribution in [-0.2, 0) is 9.47 Å². The molecule has 0 radical (unpaired) electrons. The molecule has 21 heavy (non-hydrogen) atoms. The minimum atomic E-state index is -0.582. The Hall–Kier alpha value is -1.76. The van der Waals surface area contributed by atoms with E-state index < -0.39 is 17.8 Å². The second-order valence-corrected chi connectivity index (χ2v) is 5.93. The molecule has 0 aliphatic carbocycles. The lowest BCUT2D eigenvalue weighted by molar-refractivity contribution is 0.0503. The molecule has 120 valence electrons. The molecule has 2 amide bonds. The Morgan fingerprint density at radius 1 is 1.48 bits per heavy atom. The lowest BCUT2D eigenvalue weighted by atomic mass is 10.2. The van der Waals surface area contributed by atoms with Gasteiger partial charge in [0, 0.05) is 6.54 Å². The molecule has 2 atom stereocenters. The molecule has 1 rings (SSSR count). The average Bonchev–Trinajstić information content (AvgIpc) is 2.76. The van der Waals surface area contributed by atoms with Crippen molar-refractivity contribution in [3.05, 3.63) is 12.7 Å². The van der Waals surface area contributed by atoms with Crippen molar-refractivity contribution in [3.63, 3.8) is 0 Å². The van der Waals surface area contributed by atoms with Crippen molar-refractivity contribution in [2.45, 2.75) is 44.9 Å². The summed E-state index contributed by atoms with van der Waals surface area (Å²) in [4.78, 5) is 25.0. The van der Waals surface area contributed by atoms with Gasteiger partial charge in [-0.25, -0.2) is 9.59 Å². The molecule has 1 fully saturated rings. The first-order valence-electron chi connectivity index (χ1n) is 6.91. The highest BCUT2D eigenvalue weighted by Crippen LogP contribution is 2.19. The molecular weight excluding hydrogens is 276 g/mol. The number of carbonyl (C=O) groups is 2. The Labute approximate surface area is 124 Å². The zero-order chi connectivity index (χ0) is 16.0. The number of aliphatic hydroxyl groups excluding tert-OH is 1. The van der Waals surface area contributed by atoms with Crippen LogP contribution in [0.5, 0.6) is 0 Å². The Kier molecular flexibility index (Phi) is 6.02. The van der Waals surface area contributed by atoms with E-state index in [1.165, 1.54) is 11.0 Å². The third kappa shape index (κ3) is 5.63. The summed E-state index contributed by atoms with van der Waals surface area (Å²) in [6, 6.07) is -0.643. The van der Waals surface area contributed by atoms with Crippen LogP contribution >= 0.6 is 0 Å². The van der Waals surface area contributed by atoms with E-state index in [0.717, 1.165) is 0 Å². The Morgan fingerprint density at radius 3 is 2.67 bits per heavy atom. The summed E-state index contributed by atoms with van der Waals surface area (Å²) in [5.74, 6) is 0. The van der Waals surface area contributed by atoms with Gasteiger partial charge in [0.15, 0.2) is 0 Å². The van der Waals surface area contributed by atoms with Gasteiger partial charge < -0.3 is 24.8 Å². The fourth-order valence-corrected chi connectivity index (χ4v) is 2.11. The van der Waals surface area contributed by atoms with E-state index in [2.05, 4.69) is 11.9 Å². The van der Waals surface area contributed by atoms with E-state index in [1.54, 1.807) is 20.8 Å². The second kappa shape index (κ2) is 7.31. The fraction of sp³-hybridized carbons (Fsp3) is 0.714. The molecule has 0 aromatic heterocycles. The van der Waals surface area contributed by atoms with Gasteiger partial charge in [-0.05, 0) is 27.2 Å². The molecule has 7 nitrogen and oxygen atoms in total. The van der Waals surface area contributed by atoms with Crippen molar-refractivity contribution in [2.75, 3.05) is 19.8 Å². The Bertz CT molecular complexity index is 391. The van der Waals surface area contributed by atoms with Gasteiger partial charge in [0.2, 0.25) is 0 Å². The predicted octanol–water partition coefficient (Wildman–Crippen LogP) is 1.27. The molecule has 0 bridgehead atoms. The zero-order valence-corrected chi connectivity index (χ0v) is 12.8. The number of rotatable bonds is 4. The van der Waals surface area contributed by atoms with Crippen LogP contribution in [0.2, 0.25) is 0 Å². The van der Waals surface area contributed by atoms with E-state index in [1.807, 2.05) is 0 Å². The quantitative estimate of drug-likeness (QED) is 0.763. The molecule has 1 heterocycles. The van der Waals surface area contributed by atoms with E-state index in [4.69, 9.17) is 9.47 Å². The Morgan fingerprint density at radius 2 is 2.14 bits per heavy atom. The molecule has 1 saturated heterocycles. The molecule has 1 aliphatic heterocycles. The fourth-order valence-electron chi connectivity index (χ4n) is 2.11. The highest BCUT2D eigenvalue weighted by Gasteiger charge is 2.37. The molecule has 0 aromatic rings. The summed E-state index contributed by atoms with van der Waals surface area (Å²) >= 11 is 0. The van der Waals surface area contributed by atoms with Gasteiger partial charge >= 0.3 is 12.2 Å². The number of carbonyl (C=O) groups excluding carboxylic acids is 2. The van der Waals surface area contributed by atoms with Crippen molar-refractivity contribution in [2.24, 2.45) is 0 Å². The maximum Gasteiger partial charge on any atom is 0.410 e. The van der Waals surface area contributed by atoms with Crippen molar-refractivity contribution in [1.29, 1.82) is 0 Å². The normalized spacial score (nSPS) is 21.8. The predicted molar refractivity (Wildman–Crippen MR) is 76.9 cm³/mol. The first-order valence-corrected chi connectivity index (χ1v) is 6.91. The maximum atomic E-state index is 11.8. The van der Waals surface area contributed by atoms with Crippen LogP contribution in [-0.4, -0.2) is 59.6 Å². The van der Waals surface area contributed by atoms with Crippen LogP contribution in [0.25, 0.3) is 0 Å². The topological polar surface area (TPSA) is 88.1 Å². The van der Waals surface area contributed by atoms with Crippen LogP contribution in [0.1, 0.15) is 27.2 Å². The van der Waals surface area contributed by atoms with Crippen LogP contribution in [0.15, 0.2) is 12.7 Å². The smallest absolute Gasteiger partial charge is 0.410 e. The first kappa shape index (κ1) is 17.3. The lowest BCUT2D eigenvalue weighted by Crippen LogP contribution is -2.42.